The lowest BCUT2D eigenvalue weighted by Gasteiger charge is -2.05. The van der Waals surface area contributed by atoms with Gasteiger partial charge in [-0.25, -0.2) is 0 Å². The Morgan fingerprint density at radius 2 is 1.92 bits per heavy atom. The van der Waals surface area contributed by atoms with E-state index in [0.29, 0.717) is 28.7 Å². The number of methoxy groups -OCH3 is 1. The fourth-order valence-electron chi connectivity index (χ4n) is 2.40. The van der Waals surface area contributed by atoms with Crippen LogP contribution in [0.3, 0.4) is 0 Å². The number of amides is 1. The average Bonchev–Trinajstić information content (AvgIpc) is 3.10. The average molecular weight is 337 g/mol. The number of nitrogens with one attached hydrogen (secondary N) is 1. The number of para-hydroxylation sites is 1. The molecule has 0 atom stereocenters. The minimum absolute atomic E-state index is 0.161. The minimum Gasteiger partial charge on any atom is -0.496 e. The van der Waals surface area contributed by atoms with Crippen molar-refractivity contribution in [1.82, 2.24) is 15.5 Å². The first-order chi connectivity index (χ1) is 12.1. The van der Waals surface area contributed by atoms with Crippen LogP contribution in [-0.4, -0.2) is 23.2 Å². The second-order valence-electron chi connectivity index (χ2n) is 5.68. The van der Waals surface area contributed by atoms with Crippen LogP contribution in [-0.2, 0) is 6.54 Å². The predicted octanol–water partition coefficient (Wildman–Crippen LogP) is 3.29. The summed E-state index contributed by atoms with van der Waals surface area (Å²) in [6.45, 7) is 4.15. The number of aryl methyl sites for hydroxylation is 2. The van der Waals surface area contributed by atoms with Crippen molar-refractivity contribution in [2.75, 3.05) is 7.11 Å². The normalized spacial score (nSPS) is 10.5. The van der Waals surface area contributed by atoms with Gasteiger partial charge in [0, 0.05) is 5.56 Å². The number of carbonyl (C=O) groups is 1. The summed E-state index contributed by atoms with van der Waals surface area (Å²) in [6.07, 6.45) is 0. The van der Waals surface area contributed by atoms with Crippen molar-refractivity contribution in [3.8, 4) is 17.2 Å². The van der Waals surface area contributed by atoms with Gasteiger partial charge in [0.25, 0.3) is 11.8 Å². The van der Waals surface area contributed by atoms with E-state index < -0.39 is 0 Å². The van der Waals surface area contributed by atoms with E-state index >= 15 is 0 Å². The van der Waals surface area contributed by atoms with Crippen LogP contribution in [0.1, 0.15) is 27.4 Å². The first kappa shape index (κ1) is 16.7. The maximum atomic E-state index is 12.2. The lowest BCUT2D eigenvalue weighted by Crippen LogP contribution is -2.23. The quantitative estimate of drug-likeness (QED) is 0.773. The molecule has 0 spiro atoms. The van der Waals surface area contributed by atoms with Gasteiger partial charge in [-0.05, 0) is 49.2 Å². The first-order valence-corrected chi connectivity index (χ1v) is 7.89. The molecule has 128 valence electrons. The SMILES string of the molecule is COc1ccccc1-c1nnc(CNC(=O)c2ccc(C)c(C)c2)o1. The third kappa shape index (κ3) is 3.68. The van der Waals surface area contributed by atoms with Crippen molar-refractivity contribution in [3.63, 3.8) is 0 Å². The van der Waals surface area contributed by atoms with Crippen LogP contribution in [0.5, 0.6) is 5.75 Å². The number of carbonyl (C=O) groups excluding carboxylic acids is 1. The maximum Gasteiger partial charge on any atom is 0.251 e. The molecule has 0 saturated carbocycles. The molecule has 1 heterocycles. The van der Waals surface area contributed by atoms with Crippen molar-refractivity contribution in [3.05, 3.63) is 65.0 Å². The summed E-state index contributed by atoms with van der Waals surface area (Å²) in [5.74, 6) is 1.16. The molecule has 3 aromatic rings. The highest BCUT2D eigenvalue weighted by molar-refractivity contribution is 5.94. The summed E-state index contributed by atoms with van der Waals surface area (Å²) >= 11 is 0. The van der Waals surface area contributed by atoms with E-state index in [1.54, 1.807) is 13.2 Å². The van der Waals surface area contributed by atoms with Gasteiger partial charge in [-0.2, -0.15) is 0 Å². The number of nitrogens with zero attached hydrogens (tertiary/aromatic N) is 2. The van der Waals surface area contributed by atoms with Crippen LogP contribution in [0.15, 0.2) is 46.9 Å². The Morgan fingerprint density at radius 3 is 2.68 bits per heavy atom. The third-order valence-corrected chi connectivity index (χ3v) is 3.97. The molecule has 0 radical (unpaired) electrons. The van der Waals surface area contributed by atoms with Gasteiger partial charge in [-0.1, -0.05) is 18.2 Å². The molecule has 3 rings (SSSR count). The molecule has 1 aromatic heterocycles. The second kappa shape index (κ2) is 7.17. The smallest absolute Gasteiger partial charge is 0.251 e. The molecule has 0 bridgehead atoms. The topological polar surface area (TPSA) is 77.3 Å². The summed E-state index contributed by atoms with van der Waals surface area (Å²) in [6, 6.07) is 13.0. The van der Waals surface area contributed by atoms with Crippen LogP contribution in [0, 0.1) is 13.8 Å². The zero-order valence-electron chi connectivity index (χ0n) is 14.4. The van der Waals surface area contributed by atoms with Gasteiger partial charge in [0.05, 0.1) is 19.2 Å². The zero-order chi connectivity index (χ0) is 17.8. The van der Waals surface area contributed by atoms with Crippen LogP contribution in [0.2, 0.25) is 0 Å². The number of benzene rings is 2. The predicted molar refractivity (Wildman–Crippen MR) is 93.4 cm³/mol. The van der Waals surface area contributed by atoms with Crippen LogP contribution in [0.25, 0.3) is 11.5 Å². The number of hydrogen-bond acceptors (Lipinski definition) is 5. The number of rotatable bonds is 5. The van der Waals surface area contributed by atoms with E-state index in [1.807, 2.05) is 50.2 Å². The van der Waals surface area contributed by atoms with Gasteiger partial charge < -0.3 is 14.5 Å². The van der Waals surface area contributed by atoms with E-state index in [9.17, 15) is 4.79 Å². The zero-order valence-corrected chi connectivity index (χ0v) is 14.4. The monoisotopic (exact) mass is 337 g/mol. The van der Waals surface area contributed by atoms with Crippen molar-refractivity contribution >= 4 is 5.91 Å². The third-order valence-electron chi connectivity index (χ3n) is 3.97. The summed E-state index contributed by atoms with van der Waals surface area (Å²) < 4.78 is 10.9. The van der Waals surface area contributed by atoms with Crippen molar-refractivity contribution < 1.29 is 13.9 Å². The molecule has 0 aliphatic heterocycles. The van der Waals surface area contributed by atoms with Crippen LogP contribution in [0.4, 0.5) is 0 Å². The molecule has 6 nitrogen and oxygen atoms in total. The van der Waals surface area contributed by atoms with Gasteiger partial charge in [0.2, 0.25) is 5.89 Å². The standard InChI is InChI=1S/C19H19N3O3/c1-12-8-9-14(10-13(12)2)18(23)20-11-17-21-22-19(25-17)15-6-4-5-7-16(15)24-3/h4-10H,11H2,1-3H3,(H,20,23). The Hall–Kier alpha value is -3.15. The number of aromatic nitrogens is 2. The molecule has 0 fully saturated rings. The summed E-state index contributed by atoms with van der Waals surface area (Å²) in [7, 11) is 1.58. The van der Waals surface area contributed by atoms with Gasteiger partial charge >= 0.3 is 0 Å². The lowest BCUT2D eigenvalue weighted by atomic mass is 10.1. The van der Waals surface area contributed by atoms with Crippen molar-refractivity contribution in [2.45, 2.75) is 20.4 Å². The molecule has 2 aromatic carbocycles. The maximum absolute atomic E-state index is 12.2. The summed E-state index contributed by atoms with van der Waals surface area (Å²) in [5, 5.41) is 10.8. The van der Waals surface area contributed by atoms with Crippen molar-refractivity contribution in [2.24, 2.45) is 0 Å². The number of hydrogen-bond donors (Lipinski definition) is 1. The van der Waals surface area contributed by atoms with Crippen LogP contribution >= 0.6 is 0 Å². The first-order valence-electron chi connectivity index (χ1n) is 7.89. The highest BCUT2D eigenvalue weighted by Gasteiger charge is 2.14. The Labute approximate surface area is 145 Å². The van der Waals surface area contributed by atoms with E-state index in [2.05, 4.69) is 15.5 Å². The van der Waals surface area contributed by atoms with E-state index in [-0.39, 0.29) is 12.5 Å². The van der Waals surface area contributed by atoms with Gasteiger partial charge in [0.15, 0.2) is 0 Å². The lowest BCUT2D eigenvalue weighted by molar-refractivity contribution is 0.0947. The summed E-state index contributed by atoms with van der Waals surface area (Å²) in [5.41, 5.74) is 3.54. The molecule has 0 aliphatic rings. The minimum atomic E-state index is -0.180. The Balaban J connectivity index is 1.69. The Morgan fingerprint density at radius 1 is 1.12 bits per heavy atom. The molecule has 0 saturated heterocycles. The highest BCUT2D eigenvalue weighted by Crippen LogP contribution is 2.28. The number of ether oxygens (including phenoxy) is 1. The molecule has 6 heteroatoms. The van der Waals surface area contributed by atoms with Gasteiger partial charge in [-0.3, -0.25) is 4.79 Å². The molecule has 0 unspecified atom stereocenters. The fourth-order valence-corrected chi connectivity index (χ4v) is 2.40. The van der Waals surface area contributed by atoms with Gasteiger partial charge in [-0.15, -0.1) is 10.2 Å². The molecule has 0 aliphatic carbocycles. The summed E-state index contributed by atoms with van der Waals surface area (Å²) in [4.78, 5) is 12.2. The Kier molecular flexibility index (Phi) is 4.79. The Bertz CT molecular complexity index is 902. The second-order valence-corrected chi connectivity index (χ2v) is 5.68. The molecule has 25 heavy (non-hydrogen) atoms. The van der Waals surface area contributed by atoms with Gasteiger partial charge in [0.1, 0.15) is 5.75 Å². The molecule has 1 amide bonds. The van der Waals surface area contributed by atoms with Crippen molar-refractivity contribution in [1.29, 1.82) is 0 Å². The van der Waals surface area contributed by atoms with E-state index in [0.717, 1.165) is 11.1 Å². The fraction of sp³-hybridized carbons (Fsp3) is 0.211. The largest absolute Gasteiger partial charge is 0.496 e. The van der Waals surface area contributed by atoms with Crippen LogP contribution < -0.4 is 10.1 Å². The molecular weight excluding hydrogens is 318 g/mol. The van der Waals surface area contributed by atoms with E-state index in [1.165, 1.54) is 0 Å². The molecular formula is C19H19N3O3. The van der Waals surface area contributed by atoms with E-state index in [4.69, 9.17) is 9.15 Å². The molecule has 1 N–H and O–H groups in total. The highest BCUT2D eigenvalue weighted by atomic mass is 16.5.